The topological polar surface area (TPSA) is 93.1 Å². The minimum Gasteiger partial charge on any atom is -0.465 e. The highest BCUT2D eigenvalue weighted by Crippen LogP contribution is 2.44. The van der Waals surface area contributed by atoms with Crippen LogP contribution in [0.25, 0.3) is 0 Å². The van der Waals surface area contributed by atoms with Crippen LogP contribution >= 0.6 is 0 Å². The summed E-state index contributed by atoms with van der Waals surface area (Å²) in [5.41, 5.74) is 2.43. The van der Waals surface area contributed by atoms with Gasteiger partial charge in [-0.15, -0.1) is 0 Å². The Morgan fingerprint density at radius 3 is 2.47 bits per heavy atom. The Kier molecular flexibility index (Phi) is 7.91. The van der Waals surface area contributed by atoms with E-state index in [0.717, 1.165) is 30.4 Å². The van der Waals surface area contributed by atoms with Crippen molar-refractivity contribution in [3.05, 3.63) is 58.9 Å². The number of hydrogen-bond acceptors (Lipinski definition) is 6. The monoisotopic (exact) mass is 442 g/mol. The summed E-state index contributed by atoms with van der Waals surface area (Å²) in [6.45, 7) is 3.48. The van der Waals surface area contributed by atoms with E-state index >= 15 is 0 Å². The molecule has 2 unspecified atom stereocenters. The Bertz CT molecular complexity index is 878. The molecule has 6 nitrogen and oxygen atoms in total. The zero-order chi connectivity index (χ0) is 23.3. The number of aliphatic hydroxyl groups is 2. The van der Waals surface area contributed by atoms with Crippen molar-refractivity contribution in [1.82, 2.24) is 0 Å². The third-order valence-electron chi connectivity index (χ3n) is 6.90. The van der Waals surface area contributed by atoms with Gasteiger partial charge >= 0.3 is 11.9 Å². The number of methoxy groups -OCH3 is 1. The quantitative estimate of drug-likeness (QED) is 0.442. The van der Waals surface area contributed by atoms with E-state index in [4.69, 9.17) is 9.47 Å². The maximum atomic E-state index is 11.6. The number of aryl methyl sites for hydroxylation is 1. The third kappa shape index (κ3) is 5.67. The first-order chi connectivity index (χ1) is 15.2. The molecule has 0 radical (unpaired) electrons. The molecule has 0 aliphatic heterocycles. The highest BCUT2D eigenvalue weighted by atomic mass is 16.5. The van der Waals surface area contributed by atoms with E-state index in [1.54, 1.807) is 12.1 Å². The predicted octanol–water partition coefficient (Wildman–Crippen LogP) is 4.10. The lowest BCUT2D eigenvalue weighted by molar-refractivity contribution is -0.137. The fraction of sp³-hybridized carbons (Fsp3) is 0.538. The molecule has 1 fully saturated rings. The number of hydrogen-bond donors (Lipinski definition) is 2. The van der Waals surface area contributed by atoms with Crippen LogP contribution in [-0.2, 0) is 20.7 Å². The minimum absolute atomic E-state index is 0.00341. The van der Waals surface area contributed by atoms with Crippen molar-refractivity contribution in [2.24, 2.45) is 11.3 Å². The molecular weight excluding hydrogens is 408 g/mol. The van der Waals surface area contributed by atoms with Gasteiger partial charge in [0.15, 0.2) is 0 Å². The van der Waals surface area contributed by atoms with E-state index in [0.29, 0.717) is 37.0 Å². The molecule has 0 amide bonds. The van der Waals surface area contributed by atoms with Gasteiger partial charge in [0.1, 0.15) is 5.76 Å². The summed E-state index contributed by atoms with van der Waals surface area (Å²) in [4.78, 5) is 23.2. The molecule has 2 N–H and O–H groups in total. The maximum Gasteiger partial charge on any atom is 0.337 e. The zero-order valence-electron chi connectivity index (χ0n) is 19.2. The van der Waals surface area contributed by atoms with Gasteiger partial charge in [0.05, 0.1) is 24.9 Å². The van der Waals surface area contributed by atoms with Gasteiger partial charge in [-0.05, 0) is 60.8 Å². The molecule has 32 heavy (non-hydrogen) atoms. The molecular formula is C26H34O6. The van der Waals surface area contributed by atoms with Crippen molar-refractivity contribution in [3.63, 3.8) is 0 Å². The Morgan fingerprint density at radius 1 is 1.22 bits per heavy atom. The van der Waals surface area contributed by atoms with Crippen molar-refractivity contribution in [2.45, 2.75) is 71.0 Å². The lowest BCUT2D eigenvalue weighted by atomic mass is 9.66. The van der Waals surface area contributed by atoms with E-state index in [-0.39, 0.29) is 23.4 Å². The standard InChI is InChI=1S/C26H34O6/c1-17(27)32-23-16-22(28)20(6-4-7-24(29)26(2)14-5-15-26)21(23)13-10-18-8-11-19(12-9-18)25(30)31-3/h4,6,8-9,11-12,20,22,24,28-29H,5,7,10,13-16H2,1-3H3/b6-4+/t20-,22?,24?/m1/s1. The largest absolute Gasteiger partial charge is 0.465 e. The zero-order valence-corrected chi connectivity index (χ0v) is 19.2. The molecule has 0 aromatic heterocycles. The van der Waals surface area contributed by atoms with Gasteiger partial charge in [-0.2, -0.15) is 0 Å². The van der Waals surface area contributed by atoms with Crippen molar-refractivity contribution >= 4 is 11.9 Å². The first-order valence-corrected chi connectivity index (χ1v) is 11.3. The average Bonchev–Trinajstić information content (AvgIpc) is 3.03. The molecule has 6 heteroatoms. The Morgan fingerprint density at radius 2 is 1.91 bits per heavy atom. The molecule has 1 aromatic carbocycles. The van der Waals surface area contributed by atoms with Gasteiger partial charge in [-0.3, -0.25) is 4.79 Å². The number of carbonyl (C=O) groups excluding carboxylic acids is 2. The summed E-state index contributed by atoms with van der Waals surface area (Å²) in [6, 6.07) is 7.21. The molecule has 0 heterocycles. The Hall–Kier alpha value is -2.44. The Labute approximate surface area is 189 Å². The summed E-state index contributed by atoms with van der Waals surface area (Å²) in [5, 5.41) is 21.2. The summed E-state index contributed by atoms with van der Waals surface area (Å²) in [6.07, 6.45) is 8.25. The maximum absolute atomic E-state index is 11.6. The molecule has 0 saturated heterocycles. The number of esters is 2. The van der Waals surface area contributed by atoms with Crippen molar-refractivity contribution in [3.8, 4) is 0 Å². The van der Waals surface area contributed by atoms with Gasteiger partial charge in [-0.25, -0.2) is 4.79 Å². The third-order valence-corrected chi connectivity index (χ3v) is 6.90. The molecule has 1 saturated carbocycles. The average molecular weight is 443 g/mol. The highest BCUT2D eigenvalue weighted by molar-refractivity contribution is 5.89. The molecule has 2 aliphatic carbocycles. The van der Waals surface area contributed by atoms with Crippen LogP contribution in [0.2, 0.25) is 0 Å². The normalized spacial score (nSPS) is 23.2. The van der Waals surface area contributed by atoms with Gasteiger partial charge < -0.3 is 19.7 Å². The highest BCUT2D eigenvalue weighted by Gasteiger charge is 2.38. The van der Waals surface area contributed by atoms with Crippen LogP contribution in [-0.4, -0.2) is 41.5 Å². The van der Waals surface area contributed by atoms with E-state index in [1.165, 1.54) is 14.0 Å². The fourth-order valence-electron chi connectivity index (χ4n) is 4.61. The van der Waals surface area contributed by atoms with Gasteiger partial charge in [-0.1, -0.05) is 37.6 Å². The van der Waals surface area contributed by atoms with Crippen LogP contribution in [0.5, 0.6) is 0 Å². The van der Waals surface area contributed by atoms with Gasteiger partial charge in [0.25, 0.3) is 0 Å². The number of rotatable bonds is 9. The predicted molar refractivity (Wildman–Crippen MR) is 121 cm³/mol. The van der Waals surface area contributed by atoms with Gasteiger partial charge in [0, 0.05) is 19.3 Å². The van der Waals surface area contributed by atoms with Crippen molar-refractivity contribution in [1.29, 1.82) is 0 Å². The SMILES string of the molecule is COC(=O)c1ccc(CCC2=C(OC(C)=O)CC(O)[C@@H]2/C=C/CC(O)C2(C)CCC2)cc1. The molecule has 1 aromatic rings. The van der Waals surface area contributed by atoms with Crippen molar-refractivity contribution in [2.75, 3.05) is 7.11 Å². The van der Waals surface area contributed by atoms with Gasteiger partial charge in [0.2, 0.25) is 0 Å². The summed E-state index contributed by atoms with van der Waals surface area (Å²) in [7, 11) is 1.35. The van der Waals surface area contributed by atoms with Crippen LogP contribution in [0, 0.1) is 11.3 Å². The first-order valence-electron chi connectivity index (χ1n) is 11.3. The number of aliphatic hydroxyl groups excluding tert-OH is 2. The summed E-state index contributed by atoms with van der Waals surface area (Å²) < 4.78 is 10.2. The van der Waals surface area contributed by atoms with E-state index in [2.05, 4.69) is 6.92 Å². The molecule has 0 bridgehead atoms. The molecule has 2 aliphatic rings. The van der Waals surface area contributed by atoms with E-state index in [1.807, 2.05) is 24.3 Å². The second kappa shape index (κ2) is 10.5. The summed E-state index contributed by atoms with van der Waals surface area (Å²) >= 11 is 0. The lowest BCUT2D eigenvalue weighted by Gasteiger charge is -2.42. The van der Waals surface area contributed by atoms with Crippen LogP contribution in [0.1, 0.15) is 68.3 Å². The Balaban J connectivity index is 1.69. The van der Waals surface area contributed by atoms with E-state index in [9.17, 15) is 19.8 Å². The van der Waals surface area contributed by atoms with Crippen LogP contribution in [0.3, 0.4) is 0 Å². The minimum atomic E-state index is -0.659. The van der Waals surface area contributed by atoms with Crippen LogP contribution < -0.4 is 0 Å². The molecule has 3 atom stereocenters. The number of ether oxygens (including phenoxy) is 2. The molecule has 0 spiro atoms. The number of carbonyl (C=O) groups is 2. The van der Waals surface area contributed by atoms with Crippen molar-refractivity contribution < 1.29 is 29.3 Å². The first kappa shape index (κ1) is 24.2. The fourth-order valence-corrected chi connectivity index (χ4v) is 4.61. The molecule has 174 valence electrons. The lowest BCUT2D eigenvalue weighted by Crippen LogP contribution is -2.38. The second-order valence-electron chi connectivity index (χ2n) is 9.22. The van der Waals surface area contributed by atoms with Crippen LogP contribution in [0.15, 0.2) is 47.7 Å². The molecule has 3 rings (SSSR count). The number of benzene rings is 1. The smallest absolute Gasteiger partial charge is 0.337 e. The van der Waals surface area contributed by atoms with E-state index < -0.39 is 12.1 Å². The second-order valence-corrected chi connectivity index (χ2v) is 9.22. The summed E-state index contributed by atoms with van der Waals surface area (Å²) in [5.74, 6) is -0.485. The van der Waals surface area contributed by atoms with Crippen LogP contribution in [0.4, 0.5) is 0 Å².